The summed E-state index contributed by atoms with van der Waals surface area (Å²) in [6.07, 6.45) is -1.42. The summed E-state index contributed by atoms with van der Waals surface area (Å²) in [4.78, 5) is 57.9. The van der Waals surface area contributed by atoms with Crippen molar-refractivity contribution in [3.63, 3.8) is 0 Å². The molecule has 0 aliphatic rings. The molecule has 24 heavy (non-hydrogen) atoms. The van der Waals surface area contributed by atoms with Gasteiger partial charge in [0.1, 0.15) is 17.3 Å². The van der Waals surface area contributed by atoms with Gasteiger partial charge in [-0.3, -0.25) is 14.4 Å². The molecule has 0 N–H and O–H groups in total. The largest absolute Gasteiger partial charge is 3.00 e. The molecule has 0 rings (SSSR count). The van der Waals surface area contributed by atoms with E-state index in [1.165, 1.54) is 20.8 Å². The Morgan fingerprint density at radius 1 is 0.583 bits per heavy atom. The van der Waals surface area contributed by atoms with Crippen molar-refractivity contribution in [3.05, 3.63) is 13.2 Å². The first-order chi connectivity index (χ1) is 10.4. The van der Waals surface area contributed by atoms with E-state index in [0.29, 0.717) is 0 Å². The predicted molar refractivity (Wildman–Crippen MR) is 77.9 cm³/mol. The Balaban J connectivity index is -0.0000000699. The SMILES string of the molecule is C=C.CC(=O)CC(=O)[O-].CC(=O)CC(=O)[O-].CC(=O)CC(=O)[O-].[Al+3]. The van der Waals surface area contributed by atoms with Crippen molar-refractivity contribution >= 4 is 52.6 Å². The van der Waals surface area contributed by atoms with Crippen molar-refractivity contribution in [1.29, 1.82) is 0 Å². The van der Waals surface area contributed by atoms with Crippen molar-refractivity contribution in [2.45, 2.75) is 40.0 Å². The molecule has 0 amide bonds. The molecule has 0 heterocycles. The number of carboxylic acids is 3. The molecule has 0 saturated carbocycles. The van der Waals surface area contributed by atoms with E-state index in [4.69, 9.17) is 0 Å². The molecule has 0 aromatic rings. The van der Waals surface area contributed by atoms with Crippen LogP contribution >= 0.6 is 0 Å². The monoisotopic (exact) mass is 358 g/mol. The zero-order valence-electron chi connectivity index (χ0n) is 13.8. The minimum Gasteiger partial charge on any atom is -0.550 e. The molecule has 0 bridgehead atoms. The fraction of sp³-hybridized carbons (Fsp3) is 0.429. The van der Waals surface area contributed by atoms with Crippen LogP contribution in [-0.2, 0) is 28.8 Å². The molecule has 0 fully saturated rings. The van der Waals surface area contributed by atoms with Crippen LogP contribution in [0.4, 0.5) is 0 Å². The van der Waals surface area contributed by atoms with Crippen LogP contribution in [0.1, 0.15) is 40.0 Å². The van der Waals surface area contributed by atoms with E-state index < -0.39 is 37.2 Å². The molecular formula is C14H19AlO9. The van der Waals surface area contributed by atoms with Crippen LogP contribution < -0.4 is 15.3 Å². The van der Waals surface area contributed by atoms with Gasteiger partial charge < -0.3 is 29.7 Å². The van der Waals surface area contributed by atoms with Gasteiger partial charge in [0.15, 0.2) is 0 Å². The molecular weight excluding hydrogens is 339 g/mol. The second-order valence-corrected chi connectivity index (χ2v) is 3.75. The van der Waals surface area contributed by atoms with Gasteiger partial charge in [-0.25, -0.2) is 0 Å². The van der Waals surface area contributed by atoms with Crippen LogP contribution in [0.15, 0.2) is 13.2 Å². The number of carboxylic acid groups (broad SMARTS) is 3. The molecule has 0 spiro atoms. The molecule has 0 radical (unpaired) electrons. The molecule has 0 aliphatic carbocycles. The van der Waals surface area contributed by atoms with Crippen molar-refractivity contribution in [2.75, 3.05) is 0 Å². The van der Waals surface area contributed by atoms with Crippen molar-refractivity contribution in [3.8, 4) is 0 Å². The van der Waals surface area contributed by atoms with Crippen LogP contribution in [0, 0.1) is 0 Å². The van der Waals surface area contributed by atoms with Gasteiger partial charge in [0.25, 0.3) is 0 Å². The van der Waals surface area contributed by atoms with Crippen LogP contribution in [0.2, 0.25) is 0 Å². The van der Waals surface area contributed by atoms with Crippen LogP contribution in [0.3, 0.4) is 0 Å². The van der Waals surface area contributed by atoms with Gasteiger partial charge >= 0.3 is 17.4 Å². The van der Waals surface area contributed by atoms with E-state index in [-0.39, 0.29) is 34.7 Å². The average molecular weight is 358 g/mol. The maximum atomic E-state index is 9.83. The van der Waals surface area contributed by atoms with Gasteiger partial charge in [-0.05, 0) is 20.8 Å². The van der Waals surface area contributed by atoms with Crippen LogP contribution in [0.25, 0.3) is 0 Å². The zero-order chi connectivity index (χ0) is 19.6. The quantitative estimate of drug-likeness (QED) is 0.266. The fourth-order valence-corrected chi connectivity index (χ4v) is 0.610. The van der Waals surface area contributed by atoms with Gasteiger partial charge in [0, 0.05) is 37.2 Å². The maximum absolute atomic E-state index is 9.83. The zero-order valence-corrected chi connectivity index (χ0v) is 14.9. The third-order valence-electron chi connectivity index (χ3n) is 1.18. The number of carbonyl (C=O) groups excluding carboxylic acids is 6. The maximum Gasteiger partial charge on any atom is 3.00 e. The molecule has 9 nitrogen and oxygen atoms in total. The summed E-state index contributed by atoms with van der Waals surface area (Å²) in [5.74, 6) is -5.06. The van der Waals surface area contributed by atoms with Gasteiger partial charge in [-0.2, -0.15) is 0 Å². The molecule has 0 aliphatic heterocycles. The molecule has 0 aromatic heterocycles. The van der Waals surface area contributed by atoms with Gasteiger partial charge in [-0.1, -0.05) is 0 Å². The minimum absolute atomic E-state index is 0. The van der Waals surface area contributed by atoms with E-state index in [2.05, 4.69) is 13.2 Å². The Labute approximate surface area is 150 Å². The molecule has 0 atom stereocenters. The third-order valence-corrected chi connectivity index (χ3v) is 1.18. The van der Waals surface area contributed by atoms with E-state index in [1.807, 2.05) is 0 Å². The average Bonchev–Trinajstić information content (AvgIpc) is 2.26. The number of aliphatic carboxylic acids is 3. The number of Topliss-reactive ketones (excluding diaryl/α,β-unsaturated/α-hetero) is 3. The second kappa shape index (κ2) is 23.0. The summed E-state index contributed by atoms with van der Waals surface area (Å²) in [5, 5.41) is 28.4. The van der Waals surface area contributed by atoms with Gasteiger partial charge in [0.05, 0.1) is 0 Å². The van der Waals surface area contributed by atoms with Crippen molar-refractivity contribution < 1.29 is 44.1 Å². The normalized spacial score (nSPS) is 7.29. The van der Waals surface area contributed by atoms with E-state index in [9.17, 15) is 44.1 Å². The summed E-state index contributed by atoms with van der Waals surface area (Å²) in [6.45, 7) is 9.61. The Morgan fingerprint density at radius 3 is 0.708 bits per heavy atom. The van der Waals surface area contributed by atoms with Crippen molar-refractivity contribution in [1.82, 2.24) is 0 Å². The van der Waals surface area contributed by atoms with Gasteiger partial charge in [-0.15, -0.1) is 13.2 Å². The number of rotatable bonds is 6. The topological polar surface area (TPSA) is 172 Å². The first-order valence-corrected chi connectivity index (χ1v) is 5.96. The standard InChI is InChI=1S/3C4H6O3.C2H4.Al/c3*1-3(5)2-4(6)7;1-2;/h3*2H2,1H3,(H,6,7);1-2H2;/q;;;;+3/p-3. The number of carbonyl (C=O) groups is 6. The summed E-state index contributed by atoms with van der Waals surface area (Å²) in [6, 6.07) is 0. The number of hydrogen-bond acceptors (Lipinski definition) is 9. The summed E-state index contributed by atoms with van der Waals surface area (Å²) >= 11 is 0. The van der Waals surface area contributed by atoms with E-state index in [1.54, 1.807) is 0 Å². The number of ketones is 3. The molecule has 0 saturated heterocycles. The Bertz CT molecular complexity index is 332. The van der Waals surface area contributed by atoms with Crippen molar-refractivity contribution in [2.24, 2.45) is 0 Å². The first-order valence-electron chi connectivity index (χ1n) is 5.96. The summed E-state index contributed by atoms with van der Waals surface area (Å²) in [5.41, 5.74) is 0. The van der Waals surface area contributed by atoms with E-state index in [0.717, 1.165) is 0 Å². The predicted octanol–water partition coefficient (Wildman–Crippen LogP) is -3.43. The van der Waals surface area contributed by atoms with Gasteiger partial charge in [0.2, 0.25) is 0 Å². The third kappa shape index (κ3) is 73.2. The molecule has 0 aromatic carbocycles. The second-order valence-electron chi connectivity index (χ2n) is 3.75. The number of hydrogen-bond donors (Lipinski definition) is 0. The smallest absolute Gasteiger partial charge is 0.550 e. The fourth-order valence-electron chi connectivity index (χ4n) is 0.610. The Morgan fingerprint density at radius 2 is 0.708 bits per heavy atom. The first kappa shape index (κ1) is 33.3. The minimum atomic E-state index is -1.31. The summed E-state index contributed by atoms with van der Waals surface area (Å²) in [7, 11) is 0. The molecule has 132 valence electrons. The summed E-state index contributed by atoms with van der Waals surface area (Å²) < 4.78 is 0. The Hall–Kier alpha value is -2.31. The van der Waals surface area contributed by atoms with Crippen LogP contribution in [-0.4, -0.2) is 52.6 Å². The molecule has 0 unspecified atom stereocenters. The van der Waals surface area contributed by atoms with E-state index >= 15 is 0 Å². The molecule has 10 heteroatoms. The Kier molecular flexibility index (Phi) is 31.9. The van der Waals surface area contributed by atoms with Crippen LogP contribution in [0.5, 0.6) is 0 Å².